The van der Waals surface area contributed by atoms with E-state index in [0.717, 1.165) is 0 Å². The summed E-state index contributed by atoms with van der Waals surface area (Å²) in [6.07, 6.45) is -4.53. The van der Waals surface area contributed by atoms with E-state index < -0.39 is 11.9 Å². The Labute approximate surface area is 112 Å². The molecule has 102 valence electrons. The number of aromatic amines is 1. The first-order valence-electron chi connectivity index (χ1n) is 5.47. The van der Waals surface area contributed by atoms with Gasteiger partial charge >= 0.3 is 6.18 Å². The summed E-state index contributed by atoms with van der Waals surface area (Å²) in [4.78, 5) is 0. The van der Waals surface area contributed by atoms with Crippen molar-refractivity contribution in [3.63, 3.8) is 0 Å². The highest BCUT2D eigenvalue weighted by Crippen LogP contribution is 2.40. The molecule has 0 unspecified atom stereocenters. The summed E-state index contributed by atoms with van der Waals surface area (Å²) >= 11 is 5.73. The van der Waals surface area contributed by atoms with Gasteiger partial charge in [0.2, 0.25) is 5.88 Å². The van der Waals surface area contributed by atoms with Crippen LogP contribution in [-0.4, -0.2) is 16.8 Å². The van der Waals surface area contributed by atoms with Crippen molar-refractivity contribution in [2.24, 2.45) is 0 Å². The lowest BCUT2D eigenvalue weighted by Crippen LogP contribution is -2.07. The predicted octanol–water partition coefficient (Wildman–Crippen LogP) is 4.15. The Morgan fingerprint density at radius 1 is 1.26 bits per heavy atom. The molecule has 0 atom stereocenters. The van der Waals surface area contributed by atoms with Gasteiger partial charge in [-0.05, 0) is 24.6 Å². The van der Waals surface area contributed by atoms with Crippen molar-refractivity contribution in [1.82, 2.24) is 10.2 Å². The van der Waals surface area contributed by atoms with Crippen LogP contribution in [0.4, 0.5) is 13.2 Å². The molecule has 19 heavy (non-hydrogen) atoms. The fraction of sp³-hybridized carbons (Fsp3) is 0.250. The summed E-state index contributed by atoms with van der Waals surface area (Å²) in [6, 6.07) is 6.01. The van der Waals surface area contributed by atoms with E-state index in [1.165, 1.54) is 24.3 Å². The van der Waals surface area contributed by atoms with E-state index >= 15 is 0 Å². The maximum absolute atomic E-state index is 12.9. The third kappa shape index (κ3) is 2.84. The van der Waals surface area contributed by atoms with Crippen LogP contribution in [0, 0.1) is 0 Å². The Morgan fingerprint density at radius 2 is 1.89 bits per heavy atom. The Balaban J connectivity index is 2.57. The van der Waals surface area contributed by atoms with Gasteiger partial charge in [-0.25, -0.2) is 0 Å². The molecule has 3 nitrogen and oxygen atoms in total. The highest BCUT2D eigenvalue weighted by Gasteiger charge is 2.38. The van der Waals surface area contributed by atoms with E-state index in [9.17, 15) is 13.2 Å². The van der Waals surface area contributed by atoms with E-state index in [1.54, 1.807) is 6.92 Å². The summed E-state index contributed by atoms with van der Waals surface area (Å²) in [5, 5.41) is 5.99. The molecule has 1 aromatic carbocycles. The Kier molecular flexibility index (Phi) is 3.71. The third-order valence-corrected chi connectivity index (χ3v) is 2.68. The summed E-state index contributed by atoms with van der Waals surface area (Å²) in [6.45, 7) is 1.90. The normalized spacial score (nSPS) is 11.6. The van der Waals surface area contributed by atoms with E-state index in [0.29, 0.717) is 10.6 Å². The number of alkyl halides is 3. The van der Waals surface area contributed by atoms with Crippen LogP contribution in [0.25, 0.3) is 11.1 Å². The molecule has 2 aromatic rings. The summed E-state index contributed by atoms with van der Waals surface area (Å²) in [7, 11) is 0. The molecule has 0 aliphatic heterocycles. The molecule has 0 saturated carbocycles. The minimum absolute atomic E-state index is 0.0721. The van der Waals surface area contributed by atoms with Crippen molar-refractivity contribution in [1.29, 1.82) is 0 Å². The van der Waals surface area contributed by atoms with Gasteiger partial charge in [0, 0.05) is 5.02 Å². The van der Waals surface area contributed by atoms with E-state index in [4.69, 9.17) is 16.3 Å². The van der Waals surface area contributed by atoms with Crippen molar-refractivity contribution in [3.8, 4) is 17.0 Å². The number of nitrogens with one attached hydrogen (secondary N) is 1. The number of H-pyrrole nitrogens is 1. The fourth-order valence-corrected chi connectivity index (χ4v) is 1.78. The van der Waals surface area contributed by atoms with Crippen LogP contribution < -0.4 is 4.74 Å². The van der Waals surface area contributed by atoms with Crippen LogP contribution in [0.5, 0.6) is 5.88 Å². The molecule has 0 amide bonds. The van der Waals surface area contributed by atoms with Gasteiger partial charge in [0.05, 0.1) is 12.2 Å². The number of halogens is 4. The maximum Gasteiger partial charge on any atom is 0.433 e. The van der Waals surface area contributed by atoms with Crippen LogP contribution in [0.3, 0.4) is 0 Å². The molecule has 2 rings (SSSR count). The highest BCUT2D eigenvalue weighted by atomic mass is 35.5. The molecule has 0 saturated heterocycles. The standard InChI is InChI=1S/C12H10ClF3N2O/c1-2-19-11-9(7-3-5-8(13)6-4-7)10(17-18-11)12(14,15)16/h3-6H,2H2,1H3,(H,17,18). The van der Waals surface area contributed by atoms with Crippen molar-refractivity contribution >= 4 is 11.6 Å². The fourth-order valence-electron chi connectivity index (χ4n) is 1.66. The molecule has 1 heterocycles. The van der Waals surface area contributed by atoms with Gasteiger partial charge in [-0.1, -0.05) is 23.7 Å². The Bertz CT molecular complexity index is 563. The van der Waals surface area contributed by atoms with Gasteiger partial charge in [-0.3, -0.25) is 5.10 Å². The summed E-state index contributed by atoms with van der Waals surface area (Å²) in [5.74, 6) is -0.0721. The lowest BCUT2D eigenvalue weighted by Gasteiger charge is -2.09. The molecule has 0 aliphatic carbocycles. The second-order valence-corrected chi connectivity index (χ2v) is 4.15. The molecule has 7 heteroatoms. The van der Waals surface area contributed by atoms with Gasteiger partial charge in [0.25, 0.3) is 0 Å². The van der Waals surface area contributed by atoms with Crippen LogP contribution in [0.1, 0.15) is 12.6 Å². The summed E-state index contributed by atoms with van der Waals surface area (Å²) in [5.41, 5.74) is -0.696. The van der Waals surface area contributed by atoms with Gasteiger partial charge < -0.3 is 4.74 Å². The second-order valence-electron chi connectivity index (χ2n) is 3.72. The lowest BCUT2D eigenvalue weighted by atomic mass is 10.1. The third-order valence-electron chi connectivity index (χ3n) is 2.43. The molecule has 0 bridgehead atoms. The zero-order valence-corrected chi connectivity index (χ0v) is 10.6. The quantitative estimate of drug-likeness (QED) is 0.922. The average Bonchev–Trinajstić information content (AvgIpc) is 2.74. The van der Waals surface area contributed by atoms with Gasteiger partial charge in [0.15, 0.2) is 5.69 Å². The van der Waals surface area contributed by atoms with Crippen molar-refractivity contribution < 1.29 is 17.9 Å². The molecule has 0 aliphatic rings. The van der Waals surface area contributed by atoms with Crippen LogP contribution in [0.2, 0.25) is 5.02 Å². The molecule has 1 N–H and O–H groups in total. The highest BCUT2D eigenvalue weighted by molar-refractivity contribution is 6.30. The van der Waals surface area contributed by atoms with E-state index in [1.807, 2.05) is 5.10 Å². The number of benzene rings is 1. The smallest absolute Gasteiger partial charge is 0.433 e. The Morgan fingerprint density at radius 3 is 2.42 bits per heavy atom. The van der Waals surface area contributed by atoms with E-state index in [2.05, 4.69) is 5.10 Å². The summed E-state index contributed by atoms with van der Waals surface area (Å²) < 4.78 is 43.9. The molecular formula is C12H10ClF3N2O. The minimum atomic E-state index is -4.53. The molecule has 1 aromatic heterocycles. The minimum Gasteiger partial charge on any atom is -0.476 e. The number of nitrogens with zero attached hydrogens (tertiary/aromatic N) is 1. The largest absolute Gasteiger partial charge is 0.476 e. The zero-order chi connectivity index (χ0) is 14.0. The van der Waals surface area contributed by atoms with Crippen LogP contribution in [0.15, 0.2) is 24.3 Å². The van der Waals surface area contributed by atoms with Gasteiger partial charge in [-0.15, -0.1) is 5.10 Å². The Hall–Kier alpha value is -1.69. The molecule has 0 spiro atoms. The van der Waals surface area contributed by atoms with Gasteiger partial charge in [-0.2, -0.15) is 13.2 Å². The average molecular weight is 291 g/mol. The number of hydrogen-bond donors (Lipinski definition) is 1. The maximum atomic E-state index is 12.9. The van der Waals surface area contributed by atoms with Crippen LogP contribution >= 0.6 is 11.6 Å². The monoisotopic (exact) mass is 290 g/mol. The molecule has 0 radical (unpaired) electrons. The van der Waals surface area contributed by atoms with Crippen molar-refractivity contribution in [3.05, 3.63) is 35.0 Å². The first-order valence-corrected chi connectivity index (χ1v) is 5.85. The lowest BCUT2D eigenvalue weighted by molar-refractivity contribution is -0.140. The number of rotatable bonds is 3. The SMILES string of the molecule is CCOc1n[nH]c(C(F)(F)F)c1-c1ccc(Cl)cc1. The number of hydrogen-bond acceptors (Lipinski definition) is 2. The number of ether oxygens (including phenoxy) is 1. The number of aromatic nitrogens is 2. The molecule has 0 fully saturated rings. The van der Waals surface area contributed by atoms with Crippen LogP contribution in [-0.2, 0) is 6.18 Å². The van der Waals surface area contributed by atoms with Crippen molar-refractivity contribution in [2.75, 3.05) is 6.61 Å². The predicted molar refractivity (Wildman–Crippen MR) is 65.2 cm³/mol. The molecular weight excluding hydrogens is 281 g/mol. The topological polar surface area (TPSA) is 37.9 Å². The zero-order valence-electron chi connectivity index (χ0n) is 9.88. The van der Waals surface area contributed by atoms with E-state index in [-0.39, 0.29) is 18.1 Å². The second kappa shape index (κ2) is 5.13. The van der Waals surface area contributed by atoms with Crippen molar-refractivity contribution in [2.45, 2.75) is 13.1 Å². The van der Waals surface area contributed by atoms with Gasteiger partial charge in [0.1, 0.15) is 0 Å². The first-order chi connectivity index (χ1) is 8.93. The first kappa shape index (κ1) is 13.7.